The predicted octanol–water partition coefficient (Wildman–Crippen LogP) is 2.40. The van der Waals surface area contributed by atoms with Gasteiger partial charge in [0.1, 0.15) is 4.90 Å². The van der Waals surface area contributed by atoms with E-state index in [0.29, 0.717) is 24.7 Å². The van der Waals surface area contributed by atoms with E-state index in [1.165, 1.54) is 16.4 Å². The molecular weight excluding hydrogens is 331 g/mol. The fourth-order valence-electron chi connectivity index (χ4n) is 1.98. The van der Waals surface area contributed by atoms with Crippen molar-refractivity contribution < 1.29 is 8.42 Å². The molecule has 1 N–H and O–H groups in total. The average Bonchev–Trinajstić information content (AvgIpc) is 2.32. The molecule has 0 amide bonds. The fourth-order valence-corrected chi connectivity index (χ4v) is 4.35. The van der Waals surface area contributed by atoms with E-state index in [-0.39, 0.29) is 28.4 Å². The van der Waals surface area contributed by atoms with Crippen molar-refractivity contribution in [3.63, 3.8) is 0 Å². The summed E-state index contributed by atoms with van der Waals surface area (Å²) in [7, 11) is -3.59. The molecule has 19 heavy (non-hydrogen) atoms. The second-order valence-corrected chi connectivity index (χ2v) is 6.95. The van der Waals surface area contributed by atoms with Gasteiger partial charge in [-0.2, -0.15) is 4.31 Å². The minimum Gasteiger partial charge on any atom is -0.314 e. The summed E-state index contributed by atoms with van der Waals surface area (Å²) in [5.41, 5.74) is 0. The van der Waals surface area contributed by atoms with Crippen molar-refractivity contribution >= 4 is 45.6 Å². The standard InChI is InChI=1S/C11H14Cl2N2O2S.ClH/c1-8-7-14-4-5-15(8)18(16,17)11-6-9(12)2-3-10(11)13;/h2-3,6,8,14H,4-5,7H2,1H3;1H/t8-;/m0./s1. The van der Waals surface area contributed by atoms with Crippen LogP contribution in [0.25, 0.3) is 0 Å². The summed E-state index contributed by atoms with van der Waals surface area (Å²) in [6, 6.07) is 4.38. The monoisotopic (exact) mass is 344 g/mol. The number of hydrogen-bond acceptors (Lipinski definition) is 3. The van der Waals surface area contributed by atoms with E-state index in [9.17, 15) is 8.42 Å². The third-order valence-corrected chi connectivity index (χ3v) is 5.65. The van der Waals surface area contributed by atoms with E-state index in [0.717, 1.165) is 0 Å². The van der Waals surface area contributed by atoms with Gasteiger partial charge in [-0.25, -0.2) is 8.42 Å². The van der Waals surface area contributed by atoms with Crippen LogP contribution in [0.3, 0.4) is 0 Å². The van der Waals surface area contributed by atoms with Crippen molar-refractivity contribution in [1.29, 1.82) is 0 Å². The van der Waals surface area contributed by atoms with Crippen molar-refractivity contribution in [1.82, 2.24) is 9.62 Å². The lowest BCUT2D eigenvalue weighted by Gasteiger charge is -2.33. The highest BCUT2D eigenvalue weighted by molar-refractivity contribution is 7.89. The van der Waals surface area contributed by atoms with Crippen LogP contribution in [0.5, 0.6) is 0 Å². The zero-order valence-corrected chi connectivity index (χ0v) is 13.4. The summed E-state index contributed by atoms with van der Waals surface area (Å²) in [6.07, 6.45) is 0. The highest BCUT2D eigenvalue weighted by Crippen LogP contribution is 2.28. The molecule has 0 spiro atoms. The van der Waals surface area contributed by atoms with Crippen molar-refractivity contribution in [3.8, 4) is 0 Å². The first-order valence-corrected chi connectivity index (χ1v) is 7.80. The number of nitrogens with one attached hydrogen (secondary N) is 1. The van der Waals surface area contributed by atoms with Crippen molar-refractivity contribution in [2.75, 3.05) is 19.6 Å². The quantitative estimate of drug-likeness (QED) is 0.895. The summed E-state index contributed by atoms with van der Waals surface area (Å²) >= 11 is 11.8. The number of rotatable bonds is 2. The van der Waals surface area contributed by atoms with Gasteiger partial charge in [-0.3, -0.25) is 0 Å². The Balaban J connectivity index is 0.00000180. The molecule has 0 saturated carbocycles. The zero-order valence-electron chi connectivity index (χ0n) is 10.3. The molecule has 2 rings (SSSR count). The van der Waals surface area contributed by atoms with Crippen molar-refractivity contribution in [2.45, 2.75) is 17.9 Å². The van der Waals surface area contributed by atoms with Gasteiger partial charge >= 0.3 is 0 Å². The Morgan fingerprint density at radius 2 is 2.05 bits per heavy atom. The van der Waals surface area contributed by atoms with E-state index < -0.39 is 10.0 Å². The minimum atomic E-state index is -3.59. The van der Waals surface area contributed by atoms with Gasteiger partial charge in [0.2, 0.25) is 10.0 Å². The van der Waals surface area contributed by atoms with E-state index in [4.69, 9.17) is 23.2 Å². The summed E-state index contributed by atoms with van der Waals surface area (Å²) in [4.78, 5) is 0.0745. The Labute approximate surface area is 129 Å². The number of piperazine rings is 1. The lowest BCUT2D eigenvalue weighted by Crippen LogP contribution is -2.52. The molecule has 0 bridgehead atoms. The number of benzene rings is 1. The highest BCUT2D eigenvalue weighted by atomic mass is 35.5. The number of sulfonamides is 1. The van der Waals surface area contributed by atoms with E-state index in [1.54, 1.807) is 6.07 Å². The van der Waals surface area contributed by atoms with Crippen LogP contribution >= 0.6 is 35.6 Å². The Morgan fingerprint density at radius 3 is 2.68 bits per heavy atom. The Bertz CT molecular complexity index is 551. The maximum Gasteiger partial charge on any atom is 0.244 e. The highest BCUT2D eigenvalue weighted by Gasteiger charge is 2.32. The molecule has 4 nitrogen and oxygen atoms in total. The second-order valence-electron chi connectivity index (χ2n) is 4.24. The summed E-state index contributed by atoms with van der Waals surface area (Å²) < 4.78 is 26.5. The topological polar surface area (TPSA) is 49.4 Å². The molecule has 8 heteroatoms. The van der Waals surface area contributed by atoms with Crippen LogP contribution in [-0.2, 0) is 10.0 Å². The lowest BCUT2D eigenvalue weighted by molar-refractivity contribution is 0.284. The maximum absolute atomic E-state index is 12.5. The lowest BCUT2D eigenvalue weighted by atomic mass is 10.3. The second kappa shape index (κ2) is 6.61. The molecule has 1 saturated heterocycles. The average molecular weight is 346 g/mol. The van der Waals surface area contributed by atoms with E-state index in [2.05, 4.69) is 5.32 Å². The van der Waals surface area contributed by atoms with Gasteiger partial charge in [0.15, 0.2) is 0 Å². The summed E-state index contributed by atoms with van der Waals surface area (Å²) in [5.74, 6) is 0. The Hall–Kier alpha value is -0.0400. The molecule has 1 aliphatic rings. The van der Waals surface area contributed by atoms with Crippen molar-refractivity contribution in [3.05, 3.63) is 28.2 Å². The number of hydrogen-bond donors (Lipinski definition) is 1. The molecule has 108 valence electrons. The molecule has 1 aromatic carbocycles. The fraction of sp³-hybridized carbons (Fsp3) is 0.455. The molecule has 1 fully saturated rings. The van der Waals surface area contributed by atoms with Crippen LogP contribution in [0.2, 0.25) is 10.0 Å². The van der Waals surface area contributed by atoms with Crippen LogP contribution in [0.4, 0.5) is 0 Å². The van der Waals surface area contributed by atoms with Gasteiger partial charge in [-0.05, 0) is 25.1 Å². The molecule has 0 aliphatic carbocycles. The number of halogens is 3. The predicted molar refractivity (Wildman–Crippen MR) is 79.9 cm³/mol. The van der Waals surface area contributed by atoms with Gasteiger partial charge in [0.05, 0.1) is 5.02 Å². The molecule has 1 aromatic rings. The van der Waals surface area contributed by atoms with Crippen LogP contribution in [0, 0.1) is 0 Å². The summed E-state index contributed by atoms with van der Waals surface area (Å²) in [6.45, 7) is 3.58. The normalized spacial score (nSPS) is 20.9. The molecule has 1 atom stereocenters. The van der Waals surface area contributed by atoms with E-state index >= 15 is 0 Å². The van der Waals surface area contributed by atoms with Gasteiger partial charge in [0.25, 0.3) is 0 Å². The first-order chi connectivity index (χ1) is 8.43. The zero-order chi connectivity index (χ0) is 13.3. The van der Waals surface area contributed by atoms with Crippen LogP contribution < -0.4 is 5.32 Å². The molecule has 0 unspecified atom stereocenters. The molecule has 1 heterocycles. The van der Waals surface area contributed by atoms with Gasteiger partial charge in [0, 0.05) is 30.7 Å². The Morgan fingerprint density at radius 1 is 1.37 bits per heavy atom. The van der Waals surface area contributed by atoms with Crippen LogP contribution in [-0.4, -0.2) is 38.4 Å². The van der Waals surface area contributed by atoms with Crippen LogP contribution in [0.15, 0.2) is 23.1 Å². The molecule has 0 aromatic heterocycles. The van der Waals surface area contributed by atoms with E-state index in [1.807, 2.05) is 6.92 Å². The SMILES string of the molecule is C[C@H]1CNCCN1S(=O)(=O)c1cc(Cl)ccc1Cl.Cl. The smallest absolute Gasteiger partial charge is 0.244 e. The maximum atomic E-state index is 12.5. The largest absolute Gasteiger partial charge is 0.314 e. The summed E-state index contributed by atoms with van der Waals surface area (Å²) in [5, 5.41) is 3.71. The van der Waals surface area contributed by atoms with Gasteiger partial charge in [-0.1, -0.05) is 23.2 Å². The minimum absolute atomic E-state index is 0. The first-order valence-electron chi connectivity index (χ1n) is 5.60. The van der Waals surface area contributed by atoms with Crippen molar-refractivity contribution in [2.24, 2.45) is 0 Å². The van der Waals surface area contributed by atoms with Gasteiger partial charge < -0.3 is 5.32 Å². The third kappa shape index (κ3) is 3.54. The van der Waals surface area contributed by atoms with Crippen LogP contribution in [0.1, 0.15) is 6.92 Å². The first kappa shape index (κ1) is 17.0. The third-order valence-electron chi connectivity index (χ3n) is 2.92. The molecular formula is C11H15Cl3N2O2S. The molecule has 1 aliphatic heterocycles. The van der Waals surface area contributed by atoms with Gasteiger partial charge in [-0.15, -0.1) is 12.4 Å². The number of nitrogens with zero attached hydrogens (tertiary/aromatic N) is 1. The Kier molecular flexibility index (Phi) is 5.92. The molecule has 0 radical (unpaired) electrons.